The molecule has 2 rings (SSSR count). The van der Waals surface area contributed by atoms with Gasteiger partial charge in [0.05, 0.1) is 4.88 Å². The third kappa shape index (κ3) is 3.46. The highest BCUT2D eigenvalue weighted by Gasteiger charge is 2.19. The predicted octanol–water partition coefficient (Wildman–Crippen LogP) is 2.40. The van der Waals surface area contributed by atoms with Crippen LogP contribution < -0.4 is 10.5 Å². The lowest BCUT2D eigenvalue weighted by Crippen LogP contribution is -2.12. The quantitative estimate of drug-likeness (QED) is 0.906. The van der Waals surface area contributed by atoms with Gasteiger partial charge >= 0.3 is 0 Å². The maximum absolute atomic E-state index is 13.0. The smallest absolute Gasteiger partial charge is 0.266 e. The van der Waals surface area contributed by atoms with E-state index in [-0.39, 0.29) is 9.09 Å². The molecule has 0 aliphatic carbocycles. The molecular weight excluding hydrogens is 315 g/mol. The van der Waals surface area contributed by atoms with Crippen molar-refractivity contribution in [3.8, 4) is 0 Å². The Kier molecular flexibility index (Phi) is 4.13. The van der Waals surface area contributed by atoms with Crippen molar-refractivity contribution in [2.24, 2.45) is 5.14 Å². The van der Waals surface area contributed by atoms with E-state index in [4.69, 9.17) is 5.14 Å². The molecule has 0 spiro atoms. The summed E-state index contributed by atoms with van der Waals surface area (Å²) >= 11 is 0.804. The molecule has 1 aromatic carbocycles. The average Bonchev–Trinajstić information content (AvgIpc) is 2.75. The second-order valence-electron chi connectivity index (χ2n) is 4.54. The van der Waals surface area contributed by atoms with Crippen LogP contribution in [0.1, 0.15) is 20.8 Å². The zero-order valence-electron chi connectivity index (χ0n) is 11.3. The van der Waals surface area contributed by atoms with Crippen molar-refractivity contribution >= 4 is 33.0 Å². The number of sulfonamides is 1. The Hall–Kier alpha value is -1.77. The number of anilines is 1. The maximum atomic E-state index is 13.0. The summed E-state index contributed by atoms with van der Waals surface area (Å²) in [6, 6.07) is 5.34. The molecular formula is C13H13FN2O3S2. The van der Waals surface area contributed by atoms with E-state index in [9.17, 15) is 17.6 Å². The fourth-order valence-corrected chi connectivity index (χ4v) is 3.62. The van der Waals surface area contributed by atoms with Crippen LogP contribution in [0.5, 0.6) is 0 Å². The first-order valence-electron chi connectivity index (χ1n) is 5.89. The summed E-state index contributed by atoms with van der Waals surface area (Å²) in [6.45, 7) is 3.29. The van der Waals surface area contributed by atoms with Gasteiger partial charge in [0.2, 0.25) is 10.0 Å². The summed E-state index contributed by atoms with van der Waals surface area (Å²) in [5.41, 5.74) is 1.55. The van der Waals surface area contributed by atoms with Crippen molar-refractivity contribution in [1.29, 1.82) is 0 Å². The standard InChI is InChI=1S/C13H13FN2O3S2/c1-7-5-9(14)3-4-10(7)16-13(17)12-8(2)6-11(20-12)21(15,18)19/h3-6H,1-2H3,(H,16,17)(H2,15,18,19). The van der Waals surface area contributed by atoms with Gasteiger partial charge in [-0.2, -0.15) is 0 Å². The summed E-state index contributed by atoms with van der Waals surface area (Å²) in [7, 11) is -3.84. The monoisotopic (exact) mass is 328 g/mol. The van der Waals surface area contributed by atoms with Gasteiger partial charge in [-0.15, -0.1) is 11.3 Å². The summed E-state index contributed by atoms with van der Waals surface area (Å²) in [4.78, 5) is 12.4. The van der Waals surface area contributed by atoms with Crippen LogP contribution in [0.3, 0.4) is 0 Å². The second-order valence-corrected chi connectivity index (χ2v) is 7.38. The number of primary sulfonamides is 1. The van der Waals surface area contributed by atoms with Gasteiger partial charge in [-0.1, -0.05) is 0 Å². The number of aryl methyl sites for hydroxylation is 2. The Balaban J connectivity index is 2.31. The first-order chi connectivity index (χ1) is 9.68. The molecule has 8 heteroatoms. The lowest BCUT2D eigenvalue weighted by atomic mass is 10.2. The van der Waals surface area contributed by atoms with E-state index in [1.165, 1.54) is 24.3 Å². The van der Waals surface area contributed by atoms with Gasteiger partial charge < -0.3 is 5.32 Å². The van der Waals surface area contributed by atoms with Gasteiger partial charge in [-0.3, -0.25) is 4.79 Å². The molecule has 1 amide bonds. The van der Waals surface area contributed by atoms with Crippen LogP contribution in [-0.4, -0.2) is 14.3 Å². The molecule has 21 heavy (non-hydrogen) atoms. The highest BCUT2D eigenvalue weighted by atomic mass is 32.2. The van der Waals surface area contributed by atoms with E-state index in [0.717, 1.165) is 11.3 Å². The number of hydrogen-bond donors (Lipinski definition) is 2. The first kappa shape index (κ1) is 15.6. The Morgan fingerprint density at radius 3 is 2.43 bits per heavy atom. The minimum absolute atomic E-state index is 0.0685. The van der Waals surface area contributed by atoms with Crippen LogP contribution >= 0.6 is 11.3 Å². The van der Waals surface area contributed by atoms with Crippen LogP contribution in [0.15, 0.2) is 28.5 Å². The number of thiophene rings is 1. The number of nitrogens with two attached hydrogens (primary N) is 1. The number of halogens is 1. The summed E-state index contributed by atoms with van der Waals surface area (Å²) < 4.78 is 35.5. The molecule has 5 nitrogen and oxygen atoms in total. The Morgan fingerprint density at radius 2 is 1.90 bits per heavy atom. The van der Waals surface area contributed by atoms with E-state index in [1.54, 1.807) is 13.8 Å². The third-order valence-electron chi connectivity index (χ3n) is 2.82. The van der Waals surface area contributed by atoms with E-state index in [1.807, 2.05) is 0 Å². The molecule has 3 N–H and O–H groups in total. The van der Waals surface area contributed by atoms with E-state index >= 15 is 0 Å². The van der Waals surface area contributed by atoms with E-state index < -0.39 is 21.7 Å². The van der Waals surface area contributed by atoms with Crippen LogP contribution in [-0.2, 0) is 10.0 Å². The van der Waals surface area contributed by atoms with Gasteiger partial charge in [0.1, 0.15) is 10.0 Å². The topological polar surface area (TPSA) is 89.3 Å². The van der Waals surface area contributed by atoms with Crippen LogP contribution in [0.25, 0.3) is 0 Å². The van der Waals surface area contributed by atoms with Crippen molar-refractivity contribution in [2.75, 3.05) is 5.32 Å². The number of rotatable bonds is 3. The van der Waals surface area contributed by atoms with Crippen molar-refractivity contribution in [3.63, 3.8) is 0 Å². The molecule has 2 aromatic rings. The molecule has 0 aliphatic heterocycles. The molecule has 0 fully saturated rings. The highest BCUT2D eigenvalue weighted by molar-refractivity contribution is 7.91. The van der Waals surface area contributed by atoms with Crippen LogP contribution in [0.2, 0.25) is 0 Å². The number of nitrogens with one attached hydrogen (secondary N) is 1. The summed E-state index contributed by atoms with van der Waals surface area (Å²) in [5, 5.41) is 7.67. The van der Waals surface area contributed by atoms with Crippen molar-refractivity contribution < 1.29 is 17.6 Å². The Bertz CT molecular complexity index is 813. The second kappa shape index (κ2) is 5.55. The van der Waals surface area contributed by atoms with Gasteiger partial charge in [0.25, 0.3) is 5.91 Å². The number of benzene rings is 1. The van der Waals surface area contributed by atoms with Crippen molar-refractivity contribution in [1.82, 2.24) is 0 Å². The number of amides is 1. The van der Waals surface area contributed by atoms with Gasteiger partial charge in [0.15, 0.2) is 0 Å². The first-order valence-corrected chi connectivity index (χ1v) is 8.25. The number of carbonyl (C=O) groups excluding carboxylic acids is 1. The van der Waals surface area contributed by atoms with Gasteiger partial charge in [-0.05, 0) is 49.2 Å². The summed E-state index contributed by atoms with van der Waals surface area (Å²) in [5.74, 6) is -0.851. The number of carbonyl (C=O) groups is 1. The normalized spacial score (nSPS) is 11.4. The highest BCUT2D eigenvalue weighted by Crippen LogP contribution is 2.26. The molecule has 112 valence electrons. The summed E-state index contributed by atoms with van der Waals surface area (Å²) in [6.07, 6.45) is 0. The SMILES string of the molecule is Cc1cc(F)ccc1NC(=O)c1sc(S(N)(=O)=O)cc1C. The van der Waals surface area contributed by atoms with Crippen molar-refractivity contribution in [2.45, 2.75) is 18.1 Å². The molecule has 0 unspecified atom stereocenters. The third-order valence-corrected chi connectivity index (χ3v) is 5.47. The number of hydrogen-bond acceptors (Lipinski definition) is 4. The molecule has 0 atom stereocenters. The molecule has 0 radical (unpaired) electrons. The zero-order chi connectivity index (χ0) is 15.8. The molecule has 0 saturated heterocycles. The Morgan fingerprint density at radius 1 is 1.24 bits per heavy atom. The fraction of sp³-hybridized carbons (Fsp3) is 0.154. The fourth-order valence-electron chi connectivity index (χ4n) is 1.76. The minimum Gasteiger partial charge on any atom is -0.321 e. The zero-order valence-corrected chi connectivity index (χ0v) is 12.9. The van der Waals surface area contributed by atoms with Crippen LogP contribution in [0.4, 0.5) is 10.1 Å². The molecule has 0 bridgehead atoms. The molecule has 0 saturated carbocycles. The molecule has 1 heterocycles. The van der Waals surface area contributed by atoms with Crippen LogP contribution in [0, 0.1) is 19.7 Å². The predicted molar refractivity (Wildman–Crippen MR) is 79.5 cm³/mol. The molecule has 1 aromatic heterocycles. The van der Waals surface area contributed by atoms with Gasteiger partial charge in [-0.25, -0.2) is 17.9 Å². The lowest BCUT2D eigenvalue weighted by Gasteiger charge is -2.07. The molecule has 0 aliphatic rings. The van der Waals surface area contributed by atoms with Gasteiger partial charge in [0, 0.05) is 5.69 Å². The van der Waals surface area contributed by atoms with E-state index in [2.05, 4.69) is 5.32 Å². The van der Waals surface area contributed by atoms with E-state index in [0.29, 0.717) is 16.8 Å². The maximum Gasteiger partial charge on any atom is 0.266 e. The largest absolute Gasteiger partial charge is 0.321 e. The van der Waals surface area contributed by atoms with Crippen molar-refractivity contribution in [3.05, 3.63) is 46.1 Å². The lowest BCUT2D eigenvalue weighted by molar-refractivity contribution is 0.103. The minimum atomic E-state index is -3.84. The average molecular weight is 328 g/mol. The Labute approximate surface area is 125 Å².